The Hall–Kier alpha value is -1.08. The molecule has 0 rings (SSSR count). The first-order valence-electron chi connectivity index (χ1n) is 3.58. The van der Waals surface area contributed by atoms with Crippen LogP contribution in [0.2, 0.25) is 0 Å². The van der Waals surface area contributed by atoms with Crippen molar-refractivity contribution in [3.8, 4) is 0 Å². The number of hydrogen-bond acceptors (Lipinski definition) is 1. The predicted molar refractivity (Wildman–Crippen MR) is 49.3 cm³/mol. The second kappa shape index (κ2) is 7.03. The average Bonchev–Trinajstić information content (AvgIpc) is 1.96. The topological polar surface area (TPSA) is 20.2 Å². The Morgan fingerprint density at radius 3 is 2.18 bits per heavy atom. The number of hydrogen-bond donors (Lipinski definition) is 1. The van der Waals surface area contributed by atoms with E-state index in [0.29, 0.717) is 0 Å². The molecule has 0 amide bonds. The molecule has 0 aliphatic heterocycles. The molecule has 0 aliphatic rings. The largest absolute Gasteiger partial charge is 0.389 e. The standard InChI is InChI=1S/C10H14O/c1-3-4-5-6-7-8-9-10(2)11/h3-11H,1H2,2H3/b5-4-,7-6+,9-8+. The monoisotopic (exact) mass is 150 g/mol. The first-order valence-corrected chi connectivity index (χ1v) is 3.58. The SMILES string of the molecule is C=C\C=C/C=C/C=C/C(C)O. The van der Waals surface area contributed by atoms with Gasteiger partial charge in [0.2, 0.25) is 0 Å². The molecule has 1 unspecified atom stereocenters. The van der Waals surface area contributed by atoms with E-state index in [4.69, 9.17) is 5.11 Å². The lowest BCUT2D eigenvalue weighted by Crippen LogP contribution is -1.90. The Kier molecular flexibility index (Phi) is 6.34. The Morgan fingerprint density at radius 2 is 1.64 bits per heavy atom. The summed E-state index contributed by atoms with van der Waals surface area (Å²) in [6.45, 7) is 5.24. The highest BCUT2D eigenvalue weighted by molar-refractivity contribution is 5.14. The van der Waals surface area contributed by atoms with Crippen LogP contribution in [0, 0.1) is 0 Å². The number of rotatable bonds is 4. The van der Waals surface area contributed by atoms with E-state index in [1.807, 2.05) is 24.3 Å². The average molecular weight is 150 g/mol. The van der Waals surface area contributed by atoms with Crippen LogP contribution in [0.3, 0.4) is 0 Å². The highest BCUT2D eigenvalue weighted by atomic mass is 16.3. The number of aliphatic hydroxyl groups excluding tert-OH is 1. The third kappa shape index (κ3) is 8.92. The summed E-state index contributed by atoms with van der Waals surface area (Å²) in [7, 11) is 0. The van der Waals surface area contributed by atoms with Crippen molar-refractivity contribution in [1.29, 1.82) is 0 Å². The first kappa shape index (κ1) is 9.92. The maximum atomic E-state index is 8.80. The van der Waals surface area contributed by atoms with Gasteiger partial charge in [0.1, 0.15) is 0 Å². The number of allylic oxidation sites excluding steroid dienone is 6. The highest BCUT2D eigenvalue weighted by Crippen LogP contribution is 1.84. The summed E-state index contributed by atoms with van der Waals surface area (Å²) < 4.78 is 0. The van der Waals surface area contributed by atoms with Crippen molar-refractivity contribution in [2.24, 2.45) is 0 Å². The van der Waals surface area contributed by atoms with Crippen molar-refractivity contribution >= 4 is 0 Å². The molecule has 1 atom stereocenters. The van der Waals surface area contributed by atoms with E-state index in [-0.39, 0.29) is 6.10 Å². The van der Waals surface area contributed by atoms with Crippen LogP contribution in [0.15, 0.2) is 49.1 Å². The van der Waals surface area contributed by atoms with E-state index in [0.717, 1.165) is 0 Å². The van der Waals surface area contributed by atoms with Crippen molar-refractivity contribution < 1.29 is 5.11 Å². The second-order valence-electron chi connectivity index (χ2n) is 2.13. The van der Waals surface area contributed by atoms with Gasteiger partial charge in [0.15, 0.2) is 0 Å². The molecule has 0 aromatic heterocycles. The molecule has 0 aliphatic carbocycles. The Bertz CT molecular complexity index is 173. The Morgan fingerprint density at radius 1 is 1.09 bits per heavy atom. The van der Waals surface area contributed by atoms with E-state index in [1.54, 1.807) is 25.2 Å². The van der Waals surface area contributed by atoms with E-state index in [9.17, 15) is 0 Å². The summed E-state index contributed by atoms with van der Waals surface area (Å²) >= 11 is 0. The molecule has 0 radical (unpaired) electrons. The molecule has 0 heterocycles. The van der Waals surface area contributed by atoms with Gasteiger partial charge in [-0.25, -0.2) is 0 Å². The van der Waals surface area contributed by atoms with Gasteiger partial charge in [0.25, 0.3) is 0 Å². The molecule has 1 N–H and O–H groups in total. The zero-order valence-electron chi connectivity index (χ0n) is 6.77. The van der Waals surface area contributed by atoms with Gasteiger partial charge in [-0.05, 0) is 6.92 Å². The molecule has 11 heavy (non-hydrogen) atoms. The van der Waals surface area contributed by atoms with Crippen LogP contribution in [-0.2, 0) is 0 Å². The molecule has 1 heteroatoms. The molecular formula is C10H14O. The third-order valence-electron chi connectivity index (χ3n) is 0.970. The van der Waals surface area contributed by atoms with Crippen LogP contribution >= 0.6 is 0 Å². The summed E-state index contributed by atoms with van der Waals surface area (Å²) in [5, 5.41) is 8.80. The number of aliphatic hydroxyl groups is 1. The molecule has 60 valence electrons. The van der Waals surface area contributed by atoms with Crippen LogP contribution in [0.4, 0.5) is 0 Å². The fourth-order valence-electron chi connectivity index (χ4n) is 0.496. The summed E-state index contributed by atoms with van der Waals surface area (Å²) in [5.74, 6) is 0. The van der Waals surface area contributed by atoms with Gasteiger partial charge in [-0.2, -0.15) is 0 Å². The first-order chi connectivity index (χ1) is 5.27. The molecular weight excluding hydrogens is 136 g/mol. The molecule has 0 fully saturated rings. The van der Waals surface area contributed by atoms with Crippen LogP contribution in [-0.4, -0.2) is 11.2 Å². The molecule has 1 nitrogen and oxygen atoms in total. The normalized spacial score (nSPS) is 15.1. The molecule has 0 bridgehead atoms. The highest BCUT2D eigenvalue weighted by Gasteiger charge is 1.79. The molecule has 0 saturated carbocycles. The summed E-state index contributed by atoms with van der Waals surface area (Å²) in [6, 6.07) is 0. The van der Waals surface area contributed by atoms with Crippen molar-refractivity contribution in [1.82, 2.24) is 0 Å². The van der Waals surface area contributed by atoms with E-state index < -0.39 is 0 Å². The quantitative estimate of drug-likeness (QED) is 0.609. The van der Waals surface area contributed by atoms with Crippen molar-refractivity contribution in [3.05, 3.63) is 49.1 Å². The lowest BCUT2D eigenvalue weighted by molar-refractivity contribution is 0.244. The molecule has 0 aromatic rings. The van der Waals surface area contributed by atoms with Gasteiger partial charge in [0.05, 0.1) is 6.10 Å². The zero-order valence-corrected chi connectivity index (χ0v) is 6.77. The fraction of sp³-hybridized carbons (Fsp3) is 0.200. The lowest BCUT2D eigenvalue weighted by Gasteiger charge is -1.88. The van der Waals surface area contributed by atoms with Gasteiger partial charge in [-0.3, -0.25) is 0 Å². The van der Waals surface area contributed by atoms with Crippen molar-refractivity contribution in [2.75, 3.05) is 0 Å². The minimum Gasteiger partial charge on any atom is -0.389 e. The van der Waals surface area contributed by atoms with E-state index in [1.165, 1.54) is 0 Å². The summed E-state index contributed by atoms with van der Waals surface area (Å²) in [5.41, 5.74) is 0. The van der Waals surface area contributed by atoms with Gasteiger partial charge in [-0.15, -0.1) is 0 Å². The van der Waals surface area contributed by atoms with Gasteiger partial charge in [0, 0.05) is 0 Å². The lowest BCUT2D eigenvalue weighted by atomic mass is 10.3. The summed E-state index contributed by atoms with van der Waals surface area (Å²) in [6.07, 6.45) is 12.3. The predicted octanol–water partition coefficient (Wildman–Crippen LogP) is 2.22. The van der Waals surface area contributed by atoms with Crippen LogP contribution in [0.1, 0.15) is 6.92 Å². The smallest absolute Gasteiger partial charge is 0.0695 e. The molecule has 0 spiro atoms. The molecule has 0 aromatic carbocycles. The zero-order chi connectivity index (χ0) is 8.53. The van der Waals surface area contributed by atoms with E-state index >= 15 is 0 Å². The minimum absolute atomic E-state index is 0.372. The Labute approximate surface area is 68.1 Å². The van der Waals surface area contributed by atoms with Crippen molar-refractivity contribution in [3.63, 3.8) is 0 Å². The van der Waals surface area contributed by atoms with Crippen LogP contribution < -0.4 is 0 Å². The third-order valence-corrected chi connectivity index (χ3v) is 0.970. The van der Waals surface area contributed by atoms with E-state index in [2.05, 4.69) is 6.58 Å². The minimum atomic E-state index is -0.372. The fourth-order valence-corrected chi connectivity index (χ4v) is 0.496. The van der Waals surface area contributed by atoms with Crippen LogP contribution in [0.25, 0.3) is 0 Å². The maximum Gasteiger partial charge on any atom is 0.0695 e. The molecule has 0 saturated heterocycles. The van der Waals surface area contributed by atoms with Crippen molar-refractivity contribution in [2.45, 2.75) is 13.0 Å². The van der Waals surface area contributed by atoms with Gasteiger partial charge in [-0.1, -0.05) is 49.1 Å². The van der Waals surface area contributed by atoms with Crippen LogP contribution in [0.5, 0.6) is 0 Å². The Balaban J connectivity index is 3.59. The second-order valence-corrected chi connectivity index (χ2v) is 2.13. The summed E-state index contributed by atoms with van der Waals surface area (Å²) in [4.78, 5) is 0. The maximum absolute atomic E-state index is 8.80. The van der Waals surface area contributed by atoms with Gasteiger partial charge < -0.3 is 5.11 Å². The van der Waals surface area contributed by atoms with Gasteiger partial charge >= 0.3 is 0 Å².